The van der Waals surface area contributed by atoms with Crippen LogP contribution < -0.4 is 5.32 Å². The molecule has 1 amide bonds. The van der Waals surface area contributed by atoms with E-state index in [2.05, 4.69) is 55.6 Å². The van der Waals surface area contributed by atoms with E-state index in [0.29, 0.717) is 25.9 Å². The predicted octanol–water partition coefficient (Wildman–Crippen LogP) is 18.8. The SMILES string of the molecule is CCCCC/C=C\C/C=C\CCCCCCCC(=O)OCCCC/C=C\CCCCCCCC(=O)NC(CO)C(O)CCCCCCCCCCCCCCCCCCCCCCCCCCC. The van der Waals surface area contributed by atoms with Gasteiger partial charge in [-0.05, 0) is 83.5 Å². The molecule has 0 radical (unpaired) electrons. The Morgan fingerprint density at radius 2 is 0.735 bits per heavy atom. The third kappa shape index (κ3) is 53.4. The average Bonchev–Trinajstić information content (AvgIpc) is 3.34. The van der Waals surface area contributed by atoms with Crippen molar-refractivity contribution in [3.8, 4) is 0 Å². The average molecular weight is 957 g/mol. The molecule has 0 aliphatic heterocycles. The lowest BCUT2D eigenvalue weighted by Crippen LogP contribution is -2.45. The number of esters is 1. The zero-order chi connectivity index (χ0) is 49.3. The number of aliphatic hydroxyl groups excluding tert-OH is 2. The summed E-state index contributed by atoms with van der Waals surface area (Å²) in [7, 11) is 0. The molecule has 0 heterocycles. The molecule has 6 nitrogen and oxygen atoms in total. The molecule has 0 rings (SSSR count). The van der Waals surface area contributed by atoms with Gasteiger partial charge in [0.25, 0.3) is 0 Å². The smallest absolute Gasteiger partial charge is 0.305 e. The first-order chi connectivity index (χ1) is 33.5. The summed E-state index contributed by atoms with van der Waals surface area (Å²) < 4.78 is 5.44. The van der Waals surface area contributed by atoms with Crippen LogP contribution in [0.4, 0.5) is 0 Å². The Kier molecular flexibility index (Phi) is 56.0. The van der Waals surface area contributed by atoms with Crippen molar-refractivity contribution in [2.75, 3.05) is 13.2 Å². The minimum absolute atomic E-state index is 0.0445. The summed E-state index contributed by atoms with van der Waals surface area (Å²) in [6, 6.07) is -0.565. The second kappa shape index (κ2) is 57.7. The fourth-order valence-corrected chi connectivity index (χ4v) is 9.25. The van der Waals surface area contributed by atoms with E-state index in [0.717, 1.165) is 96.3 Å². The molecule has 0 saturated heterocycles. The number of ether oxygens (including phenoxy) is 1. The maximum Gasteiger partial charge on any atom is 0.305 e. The number of hydrogen-bond donors (Lipinski definition) is 3. The lowest BCUT2D eigenvalue weighted by atomic mass is 10.0. The number of hydrogen-bond acceptors (Lipinski definition) is 5. The number of amides is 1. The molecule has 0 aromatic rings. The third-order valence-corrected chi connectivity index (χ3v) is 13.9. The number of carbonyl (C=O) groups excluding carboxylic acids is 2. The lowest BCUT2D eigenvalue weighted by Gasteiger charge is -2.22. The first-order valence-electron chi connectivity index (χ1n) is 30.2. The normalized spacial score (nSPS) is 12.8. The highest BCUT2D eigenvalue weighted by Crippen LogP contribution is 2.17. The summed E-state index contributed by atoms with van der Waals surface area (Å²) in [6.45, 7) is 4.86. The molecule has 400 valence electrons. The van der Waals surface area contributed by atoms with Crippen LogP contribution in [-0.4, -0.2) is 47.4 Å². The molecule has 0 aliphatic carbocycles. The summed E-state index contributed by atoms with van der Waals surface area (Å²) in [4.78, 5) is 24.6. The van der Waals surface area contributed by atoms with Gasteiger partial charge in [-0.15, -0.1) is 0 Å². The Morgan fingerprint density at radius 1 is 0.412 bits per heavy atom. The number of carbonyl (C=O) groups is 2. The molecule has 3 N–H and O–H groups in total. The second-order valence-electron chi connectivity index (χ2n) is 20.7. The molecule has 0 spiro atoms. The van der Waals surface area contributed by atoms with Gasteiger partial charge >= 0.3 is 5.97 Å². The highest BCUT2D eigenvalue weighted by Gasteiger charge is 2.20. The van der Waals surface area contributed by atoms with Gasteiger partial charge in [-0.25, -0.2) is 0 Å². The quantitative estimate of drug-likeness (QED) is 0.0321. The highest BCUT2D eigenvalue weighted by atomic mass is 16.5. The first-order valence-corrected chi connectivity index (χ1v) is 30.2. The first kappa shape index (κ1) is 66.1. The van der Waals surface area contributed by atoms with Crippen LogP contribution in [0.15, 0.2) is 36.5 Å². The Balaban J connectivity index is 3.50. The van der Waals surface area contributed by atoms with E-state index in [1.807, 2.05) is 0 Å². The Labute approximate surface area is 424 Å². The van der Waals surface area contributed by atoms with Crippen LogP contribution in [0.25, 0.3) is 0 Å². The van der Waals surface area contributed by atoms with Gasteiger partial charge in [-0.2, -0.15) is 0 Å². The van der Waals surface area contributed by atoms with Gasteiger partial charge in [0.15, 0.2) is 0 Å². The Bertz CT molecular complexity index is 1100. The van der Waals surface area contributed by atoms with Gasteiger partial charge in [-0.1, -0.05) is 262 Å². The minimum Gasteiger partial charge on any atom is -0.466 e. The molecule has 2 unspecified atom stereocenters. The number of rotatable bonds is 56. The van der Waals surface area contributed by atoms with Crippen LogP contribution in [0.2, 0.25) is 0 Å². The molecule has 0 aliphatic rings. The fourth-order valence-electron chi connectivity index (χ4n) is 9.25. The minimum atomic E-state index is -0.685. The van der Waals surface area contributed by atoms with Crippen LogP contribution in [0.3, 0.4) is 0 Å². The predicted molar refractivity (Wildman–Crippen MR) is 296 cm³/mol. The van der Waals surface area contributed by atoms with Crippen molar-refractivity contribution in [1.29, 1.82) is 0 Å². The Hall–Kier alpha value is -1.92. The number of allylic oxidation sites excluding steroid dienone is 6. The van der Waals surface area contributed by atoms with Gasteiger partial charge in [0.05, 0.1) is 25.4 Å². The molecule has 0 aromatic heterocycles. The van der Waals surface area contributed by atoms with Gasteiger partial charge in [0.2, 0.25) is 5.91 Å². The zero-order valence-corrected chi connectivity index (χ0v) is 45.6. The van der Waals surface area contributed by atoms with E-state index in [1.165, 1.54) is 193 Å². The monoisotopic (exact) mass is 956 g/mol. The fraction of sp³-hybridized carbons (Fsp3) is 0.871. The zero-order valence-electron chi connectivity index (χ0n) is 45.6. The molecule has 68 heavy (non-hydrogen) atoms. The maximum absolute atomic E-state index is 12.5. The summed E-state index contributed by atoms with van der Waals surface area (Å²) >= 11 is 0. The van der Waals surface area contributed by atoms with Crippen molar-refractivity contribution in [1.82, 2.24) is 5.32 Å². The van der Waals surface area contributed by atoms with Gasteiger partial charge < -0.3 is 20.3 Å². The van der Waals surface area contributed by atoms with Crippen LogP contribution in [-0.2, 0) is 14.3 Å². The standard InChI is InChI=1S/C62H117NO5/c1-3-5-7-9-11-13-15-17-19-20-21-22-23-24-25-26-27-28-30-31-34-38-42-46-50-54-60(65)59(58-64)63-61(66)55-51-47-43-39-35-33-37-41-45-49-53-57-68-62(67)56-52-48-44-40-36-32-29-18-16-14-12-10-8-6-4-2/h12,14,18,29,37,41,59-60,64-65H,3-11,13,15-17,19-28,30-36,38-40,42-58H2,1-2H3,(H,63,66)/b14-12-,29-18-,41-37-. The van der Waals surface area contributed by atoms with E-state index in [-0.39, 0.29) is 18.5 Å². The molecular weight excluding hydrogens is 839 g/mol. The summed E-state index contributed by atoms with van der Waals surface area (Å²) in [5, 5.41) is 23.4. The highest BCUT2D eigenvalue weighted by molar-refractivity contribution is 5.76. The van der Waals surface area contributed by atoms with E-state index in [4.69, 9.17) is 4.74 Å². The maximum atomic E-state index is 12.5. The van der Waals surface area contributed by atoms with Crippen molar-refractivity contribution in [2.45, 2.75) is 334 Å². The van der Waals surface area contributed by atoms with Crippen molar-refractivity contribution in [3.63, 3.8) is 0 Å². The summed E-state index contributed by atoms with van der Waals surface area (Å²) in [5.74, 6) is -0.107. The molecule has 0 bridgehead atoms. The van der Waals surface area contributed by atoms with E-state index >= 15 is 0 Å². The van der Waals surface area contributed by atoms with E-state index in [1.54, 1.807) is 0 Å². The second-order valence-corrected chi connectivity index (χ2v) is 20.7. The third-order valence-electron chi connectivity index (χ3n) is 13.9. The molecule has 0 fully saturated rings. The largest absolute Gasteiger partial charge is 0.466 e. The van der Waals surface area contributed by atoms with E-state index in [9.17, 15) is 19.8 Å². The van der Waals surface area contributed by atoms with Crippen LogP contribution in [0, 0.1) is 0 Å². The lowest BCUT2D eigenvalue weighted by molar-refractivity contribution is -0.143. The van der Waals surface area contributed by atoms with Crippen LogP contribution in [0.5, 0.6) is 0 Å². The van der Waals surface area contributed by atoms with E-state index < -0.39 is 12.1 Å². The molecule has 0 saturated carbocycles. The van der Waals surface area contributed by atoms with Gasteiger partial charge in [0.1, 0.15) is 0 Å². The number of aliphatic hydroxyl groups is 2. The molecule has 0 aromatic carbocycles. The molecule has 2 atom stereocenters. The molecular formula is C62H117NO5. The topological polar surface area (TPSA) is 95.9 Å². The number of unbranched alkanes of at least 4 members (excludes halogenated alkanes) is 39. The summed E-state index contributed by atoms with van der Waals surface area (Å²) in [5.41, 5.74) is 0. The van der Waals surface area contributed by atoms with Gasteiger partial charge in [0, 0.05) is 12.8 Å². The van der Waals surface area contributed by atoms with Crippen molar-refractivity contribution in [3.05, 3.63) is 36.5 Å². The number of nitrogens with one attached hydrogen (secondary N) is 1. The van der Waals surface area contributed by atoms with Crippen LogP contribution in [0.1, 0.15) is 322 Å². The Morgan fingerprint density at radius 3 is 1.16 bits per heavy atom. The van der Waals surface area contributed by atoms with Crippen molar-refractivity contribution < 1.29 is 24.5 Å². The van der Waals surface area contributed by atoms with Crippen molar-refractivity contribution >= 4 is 11.9 Å². The van der Waals surface area contributed by atoms with Crippen LogP contribution >= 0.6 is 0 Å². The van der Waals surface area contributed by atoms with Crippen molar-refractivity contribution in [2.24, 2.45) is 0 Å². The van der Waals surface area contributed by atoms with Gasteiger partial charge in [-0.3, -0.25) is 9.59 Å². The summed E-state index contributed by atoms with van der Waals surface area (Å²) in [6.07, 6.45) is 71.5. The molecule has 6 heteroatoms.